The lowest BCUT2D eigenvalue weighted by Crippen LogP contribution is -2.49. The number of carboxylic acids is 1. The fourth-order valence-electron chi connectivity index (χ4n) is 2.72. The van der Waals surface area contributed by atoms with E-state index in [-0.39, 0.29) is 18.4 Å². The average Bonchev–Trinajstić information content (AvgIpc) is 2.81. The van der Waals surface area contributed by atoms with Crippen LogP contribution in [0.5, 0.6) is 0 Å². The maximum absolute atomic E-state index is 12.3. The molecule has 2 unspecified atom stereocenters. The third-order valence-corrected chi connectivity index (χ3v) is 5.88. The summed E-state index contributed by atoms with van der Waals surface area (Å²) in [5.41, 5.74) is -0.970. The summed E-state index contributed by atoms with van der Waals surface area (Å²) in [5, 5.41) is 9.22. The first kappa shape index (κ1) is 14.7. The van der Waals surface area contributed by atoms with Crippen molar-refractivity contribution in [2.45, 2.75) is 38.7 Å². The van der Waals surface area contributed by atoms with E-state index in [2.05, 4.69) is 0 Å². The third-order valence-electron chi connectivity index (χ3n) is 3.99. The molecule has 19 heavy (non-hydrogen) atoms. The highest BCUT2D eigenvalue weighted by Crippen LogP contribution is 2.31. The van der Waals surface area contributed by atoms with E-state index in [0.717, 1.165) is 12.8 Å². The SMILES string of the molecule is CC1(C(=O)O)CCCN(S(=O)(=O)CC2CCCO2)C1. The summed E-state index contributed by atoms with van der Waals surface area (Å²) in [5.74, 6) is -0.951. The summed E-state index contributed by atoms with van der Waals surface area (Å²) in [6.07, 6.45) is 2.54. The fraction of sp³-hybridized carbons (Fsp3) is 0.917. The van der Waals surface area contributed by atoms with E-state index in [1.54, 1.807) is 6.92 Å². The highest BCUT2D eigenvalue weighted by atomic mass is 32.2. The largest absolute Gasteiger partial charge is 0.481 e. The highest BCUT2D eigenvalue weighted by molar-refractivity contribution is 7.89. The van der Waals surface area contributed by atoms with E-state index in [0.29, 0.717) is 26.0 Å². The standard InChI is InChI=1S/C12H21NO5S/c1-12(11(14)15)5-3-6-13(9-12)19(16,17)8-10-4-2-7-18-10/h10H,2-9H2,1H3,(H,14,15). The van der Waals surface area contributed by atoms with Gasteiger partial charge in [-0.2, -0.15) is 0 Å². The molecule has 2 atom stereocenters. The Morgan fingerprint density at radius 3 is 2.79 bits per heavy atom. The smallest absolute Gasteiger partial charge is 0.310 e. The summed E-state index contributed by atoms with van der Waals surface area (Å²) in [7, 11) is -3.43. The number of piperidine rings is 1. The number of nitrogens with zero attached hydrogens (tertiary/aromatic N) is 1. The van der Waals surface area contributed by atoms with Crippen molar-refractivity contribution in [3.05, 3.63) is 0 Å². The quantitative estimate of drug-likeness (QED) is 0.823. The van der Waals surface area contributed by atoms with Crippen molar-refractivity contribution in [1.82, 2.24) is 4.31 Å². The Bertz CT molecular complexity index is 443. The second-order valence-electron chi connectivity index (χ2n) is 5.72. The van der Waals surface area contributed by atoms with Crippen molar-refractivity contribution in [3.63, 3.8) is 0 Å². The lowest BCUT2D eigenvalue weighted by atomic mass is 9.83. The minimum atomic E-state index is -3.43. The molecule has 0 radical (unpaired) electrons. The Morgan fingerprint density at radius 1 is 1.47 bits per heavy atom. The first-order chi connectivity index (χ1) is 8.83. The maximum atomic E-state index is 12.3. The van der Waals surface area contributed by atoms with E-state index in [1.807, 2.05) is 0 Å². The summed E-state index contributed by atoms with van der Waals surface area (Å²) in [6.45, 7) is 2.71. The van der Waals surface area contributed by atoms with Gasteiger partial charge in [0.1, 0.15) is 0 Å². The van der Waals surface area contributed by atoms with Crippen LogP contribution in [0.1, 0.15) is 32.6 Å². The Hall–Kier alpha value is -0.660. The van der Waals surface area contributed by atoms with Gasteiger partial charge in [0.15, 0.2) is 0 Å². The first-order valence-corrected chi connectivity index (χ1v) is 8.27. The molecule has 2 saturated heterocycles. The molecule has 2 aliphatic rings. The monoisotopic (exact) mass is 291 g/mol. The Labute approximate surface area is 113 Å². The molecule has 0 aromatic heterocycles. The van der Waals surface area contributed by atoms with Gasteiger partial charge >= 0.3 is 5.97 Å². The molecule has 7 heteroatoms. The van der Waals surface area contributed by atoms with E-state index in [1.165, 1.54) is 4.31 Å². The van der Waals surface area contributed by atoms with Crippen LogP contribution in [0.25, 0.3) is 0 Å². The van der Waals surface area contributed by atoms with E-state index < -0.39 is 21.4 Å². The van der Waals surface area contributed by atoms with Crippen LogP contribution in [0.2, 0.25) is 0 Å². The maximum Gasteiger partial charge on any atom is 0.310 e. The van der Waals surface area contributed by atoms with E-state index in [4.69, 9.17) is 4.74 Å². The fourth-order valence-corrected chi connectivity index (χ4v) is 4.55. The number of rotatable bonds is 4. The molecule has 0 amide bonds. The van der Waals surface area contributed by atoms with Crippen LogP contribution in [0, 0.1) is 5.41 Å². The topological polar surface area (TPSA) is 83.9 Å². The molecule has 0 bridgehead atoms. The molecule has 2 fully saturated rings. The number of carboxylic acid groups (broad SMARTS) is 1. The second-order valence-corrected chi connectivity index (χ2v) is 7.73. The van der Waals surface area contributed by atoms with Crippen LogP contribution in [-0.2, 0) is 19.6 Å². The molecular formula is C12H21NO5S. The second kappa shape index (κ2) is 5.38. The van der Waals surface area contributed by atoms with Crippen LogP contribution in [0.3, 0.4) is 0 Å². The number of aliphatic carboxylic acids is 1. The van der Waals surface area contributed by atoms with Crippen LogP contribution in [-0.4, -0.2) is 55.4 Å². The van der Waals surface area contributed by atoms with Crippen molar-refractivity contribution < 1.29 is 23.1 Å². The third kappa shape index (κ3) is 3.27. The van der Waals surface area contributed by atoms with Gasteiger partial charge in [0.2, 0.25) is 10.0 Å². The molecule has 0 aromatic carbocycles. The first-order valence-electron chi connectivity index (χ1n) is 6.66. The number of carbonyl (C=O) groups is 1. The minimum Gasteiger partial charge on any atom is -0.481 e. The Morgan fingerprint density at radius 2 is 2.21 bits per heavy atom. The Kier molecular flexibility index (Phi) is 4.17. The van der Waals surface area contributed by atoms with Gasteiger partial charge in [-0.25, -0.2) is 12.7 Å². The molecule has 0 aliphatic carbocycles. The zero-order chi connectivity index (χ0) is 14.1. The summed E-state index contributed by atoms with van der Waals surface area (Å²) in [4.78, 5) is 11.2. The van der Waals surface area contributed by atoms with Crippen LogP contribution in [0.15, 0.2) is 0 Å². The number of ether oxygens (including phenoxy) is 1. The Balaban J connectivity index is 2.05. The van der Waals surface area contributed by atoms with Gasteiger partial charge in [0.25, 0.3) is 0 Å². The molecule has 0 spiro atoms. The van der Waals surface area contributed by atoms with Gasteiger partial charge in [-0.1, -0.05) is 0 Å². The highest BCUT2D eigenvalue weighted by Gasteiger charge is 2.42. The van der Waals surface area contributed by atoms with Crippen molar-refractivity contribution in [3.8, 4) is 0 Å². The predicted octanol–water partition coefficient (Wildman–Crippen LogP) is 0.682. The van der Waals surface area contributed by atoms with Crippen molar-refractivity contribution in [2.75, 3.05) is 25.4 Å². The van der Waals surface area contributed by atoms with Gasteiger partial charge in [0, 0.05) is 19.7 Å². The summed E-state index contributed by atoms with van der Waals surface area (Å²) >= 11 is 0. The van der Waals surface area contributed by atoms with Gasteiger partial charge in [0.05, 0.1) is 17.3 Å². The molecule has 0 aromatic rings. The molecule has 2 aliphatic heterocycles. The average molecular weight is 291 g/mol. The minimum absolute atomic E-state index is 0.0251. The zero-order valence-corrected chi connectivity index (χ0v) is 12.0. The van der Waals surface area contributed by atoms with Gasteiger partial charge < -0.3 is 9.84 Å². The summed E-state index contributed by atoms with van der Waals surface area (Å²) < 4.78 is 31.3. The van der Waals surface area contributed by atoms with Crippen LogP contribution < -0.4 is 0 Å². The molecular weight excluding hydrogens is 270 g/mol. The summed E-state index contributed by atoms with van der Waals surface area (Å²) in [6, 6.07) is 0. The van der Waals surface area contributed by atoms with Crippen LogP contribution >= 0.6 is 0 Å². The molecule has 110 valence electrons. The van der Waals surface area contributed by atoms with Crippen molar-refractivity contribution in [2.24, 2.45) is 5.41 Å². The van der Waals surface area contributed by atoms with Crippen molar-refractivity contribution in [1.29, 1.82) is 0 Å². The lowest BCUT2D eigenvalue weighted by Gasteiger charge is -2.37. The lowest BCUT2D eigenvalue weighted by molar-refractivity contribution is -0.150. The molecule has 2 heterocycles. The zero-order valence-electron chi connectivity index (χ0n) is 11.2. The van der Waals surface area contributed by atoms with Gasteiger partial charge in [-0.15, -0.1) is 0 Å². The molecule has 0 saturated carbocycles. The van der Waals surface area contributed by atoms with Crippen molar-refractivity contribution >= 4 is 16.0 Å². The van der Waals surface area contributed by atoms with E-state index >= 15 is 0 Å². The molecule has 2 rings (SSSR count). The number of hydrogen-bond donors (Lipinski definition) is 1. The van der Waals surface area contributed by atoms with Gasteiger partial charge in [-0.3, -0.25) is 4.79 Å². The molecule has 6 nitrogen and oxygen atoms in total. The number of sulfonamides is 1. The normalized spacial score (nSPS) is 33.4. The van der Waals surface area contributed by atoms with Gasteiger partial charge in [-0.05, 0) is 32.6 Å². The molecule has 1 N–H and O–H groups in total. The van der Waals surface area contributed by atoms with Crippen LogP contribution in [0.4, 0.5) is 0 Å². The predicted molar refractivity (Wildman–Crippen MR) is 69.3 cm³/mol. The number of hydrogen-bond acceptors (Lipinski definition) is 4. The van der Waals surface area contributed by atoms with E-state index in [9.17, 15) is 18.3 Å².